The molecule has 0 aliphatic carbocycles. The molecule has 0 fully saturated rings. The fourth-order valence-electron chi connectivity index (χ4n) is 1.13. The van der Waals surface area contributed by atoms with E-state index in [9.17, 15) is 9.18 Å². The molecule has 15 heavy (non-hydrogen) atoms. The third-order valence-corrected chi connectivity index (χ3v) is 2.69. The molecule has 76 valence electrons. The number of hydrogen-bond donors (Lipinski definition) is 1. The van der Waals surface area contributed by atoms with Crippen molar-refractivity contribution in [2.45, 2.75) is 0 Å². The van der Waals surface area contributed by atoms with Crippen LogP contribution in [0.2, 0.25) is 0 Å². The summed E-state index contributed by atoms with van der Waals surface area (Å²) in [7, 11) is 0. The van der Waals surface area contributed by atoms with Gasteiger partial charge in [-0.05, 0) is 12.1 Å². The first-order valence-electron chi connectivity index (χ1n) is 4.11. The monoisotopic (exact) mass is 223 g/mol. The molecule has 1 heterocycles. The minimum atomic E-state index is -1.08. The number of hydrogen-bond acceptors (Lipinski definition) is 3. The molecule has 0 spiro atoms. The van der Waals surface area contributed by atoms with Gasteiger partial charge in [-0.1, -0.05) is 12.1 Å². The van der Waals surface area contributed by atoms with Gasteiger partial charge in [0.05, 0.1) is 0 Å². The first-order chi connectivity index (χ1) is 7.16. The van der Waals surface area contributed by atoms with Crippen molar-refractivity contribution in [2.75, 3.05) is 0 Å². The number of thiazole rings is 1. The molecule has 5 heteroatoms. The molecule has 0 bridgehead atoms. The van der Waals surface area contributed by atoms with Gasteiger partial charge in [0.15, 0.2) is 5.69 Å². The molecule has 0 saturated carbocycles. The lowest BCUT2D eigenvalue weighted by Crippen LogP contribution is -1.95. The van der Waals surface area contributed by atoms with Crippen molar-refractivity contribution in [2.24, 2.45) is 0 Å². The number of aromatic carboxylic acids is 1. The van der Waals surface area contributed by atoms with Crippen LogP contribution in [-0.2, 0) is 0 Å². The quantitative estimate of drug-likeness (QED) is 0.851. The maximum atomic E-state index is 12.9. The van der Waals surface area contributed by atoms with Crippen molar-refractivity contribution in [1.82, 2.24) is 4.98 Å². The lowest BCUT2D eigenvalue weighted by atomic mass is 10.2. The predicted molar refractivity (Wildman–Crippen MR) is 54.5 cm³/mol. The Kier molecular flexibility index (Phi) is 2.47. The highest BCUT2D eigenvalue weighted by Gasteiger charge is 2.10. The van der Waals surface area contributed by atoms with Crippen molar-refractivity contribution in [1.29, 1.82) is 0 Å². The summed E-state index contributed by atoms with van der Waals surface area (Å²) in [6, 6.07) is 5.90. The lowest BCUT2D eigenvalue weighted by molar-refractivity contribution is 0.0691. The fraction of sp³-hybridized carbons (Fsp3) is 0. The fourth-order valence-corrected chi connectivity index (χ4v) is 1.92. The van der Waals surface area contributed by atoms with E-state index >= 15 is 0 Å². The van der Waals surface area contributed by atoms with Gasteiger partial charge in [-0.15, -0.1) is 11.3 Å². The largest absolute Gasteiger partial charge is 0.476 e. The zero-order valence-electron chi connectivity index (χ0n) is 7.48. The summed E-state index contributed by atoms with van der Waals surface area (Å²) in [6.45, 7) is 0. The Labute approximate surface area is 88.8 Å². The molecule has 0 aliphatic rings. The van der Waals surface area contributed by atoms with Gasteiger partial charge in [0.2, 0.25) is 0 Å². The van der Waals surface area contributed by atoms with E-state index in [2.05, 4.69) is 4.98 Å². The highest BCUT2D eigenvalue weighted by Crippen LogP contribution is 2.24. The van der Waals surface area contributed by atoms with Crippen LogP contribution >= 0.6 is 11.3 Å². The molecule has 2 rings (SSSR count). The number of carbonyl (C=O) groups is 1. The highest BCUT2D eigenvalue weighted by molar-refractivity contribution is 7.13. The Bertz CT molecular complexity index is 510. The van der Waals surface area contributed by atoms with E-state index in [0.29, 0.717) is 10.6 Å². The predicted octanol–water partition coefficient (Wildman–Crippen LogP) is 2.65. The molecule has 0 aliphatic heterocycles. The van der Waals surface area contributed by atoms with Gasteiger partial charge in [-0.3, -0.25) is 0 Å². The molecule has 0 amide bonds. The van der Waals surface area contributed by atoms with Gasteiger partial charge in [0.1, 0.15) is 10.8 Å². The van der Waals surface area contributed by atoms with Gasteiger partial charge >= 0.3 is 5.97 Å². The van der Waals surface area contributed by atoms with E-state index in [0.717, 1.165) is 0 Å². The molecule has 0 saturated heterocycles. The van der Waals surface area contributed by atoms with Crippen LogP contribution in [0.3, 0.4) is 0 Å². The number of carboxylic acids is 1. The van der Waals surface area contributed by atoms with Crippen molar-refractivity contribution >= 4 is 17.3 Å². The molecule has 0 radical (unpaired) electrons. The number of halogens is 1. The molecule has 1 N–H and O–H groups in total. The minimum absolute atomic E-state index is 0.0146. The zero-order chi connectivity index (χ0) is 10.8. The van der Waals surface area contributed by atoms with E-state index in [1.807, 2.05) is 0 Å². The van der Waals surface area contributed by atoms with E-state index in [1.54, 1.807) is 12.1 Å². The average Bonchev–Trinajstić information content (AvgIpc) is 2.66. The number of carboxylic acid groups (broad SMARTS) is 1. The summed E-state index contributed by atoms with van der Waals surface area (Å²) in [6.07, 6.45) is 0. The Morgan fingerprint density at radius 1 is 1.47 bits per heavy atom. The second kappa shape index (κ2) is 3.78. The van der Waals surface area contributed by atoms with Gasteiger partial charge < -0.3 is 5.11 Å². The molecule has 0 atom stereocenters. The van der Waals surface area contributed by atoms with Crippen LogP contribution in [0.4, 0.5) is 4.39 Å². The third kappa shape index (κ3) is 2.02. The van der Waals surface area contributed by atoms with Crippen LogP contribution in [0, 0.1) is 5.82 Å². The van der Waals surface area contributed by atoms with Crippen LogP contribution in [0.1, 0.15) is 10.5 Å². The van der Waals surface area contributed by atoms with Gasteiger partial charge in [-0.2, -0.15) is 0 Å². The van der Waals surface area contributed by atoms with E-state index in [1.165, 1.54) is 28.8 Å². The zero-order valence-corrected chi connectivity index (χ0v) is 8.29. The standard InChI is InChI=1S/C10H6FNO2S/c11-7-3-1-2-6(4-7)9-12-8(5-15-9)10(13)14/h1-5H,(H,13,14). The summed E-state index contributed by atoms with van der Waals surface area (Å²) < 4.78 is 12.9. The van der Waals surface area contributed by atoms with Crippen LogP contribution in [0.15, 0.2) is 29.6 Å². The van der Waals surface area contributed by atoms with Crippen LogP contribution in [0.5, 0.6) is 0 Å². The summed E-state index contributed by atoms with van der Waals surface area (Å²) in [5, 5.41) is 10.6. The summed E-state index contributed by atoms with van der Waals surface area (Å²) in [4.78, 5) is 14.5. The molecule has 0 unspecified atom stereocenters. The summed E-state index contributed by atoms with van der Waals surface area (Å²) in [5.74, 6) is -1.44. The second-order valence-electron chi connectivity index (χ2n) is 2.85. The van der Waals surface area contributed by atoms with Crippen molar-refractivity contribution < 1.29 is 14.3 Å². The number of rotatable bonds is 2. The maximum Gasteiger partial charge on any atom is 0.355 e. The summed E-state index contributed by atoms with van der Waals surface area (Å²) >= 11 is 1.18. The van der Waals surface area contributed by atoms with E-state index in [4.69, 9.17) is 5.11 Å². The van der Waals surface area contributed by atoms with Crippen molar-refractivity contribution in [3.8, 4) is 10.6 Å². The number of nitrogens with zero attached hydrogens (tertiary/aromatic N) is 1. The van der Waals surface area contributed by atoms with Gasteiger partial charge in [0, 0.05) is 10.9 Å². The molecular formula is C10H6FNO2S. The van der Waals surface area contributed by atoms with Crippen LogP contribution < -0.4 is 0 Å². The van der Waals surface area contributed by atoms with Crippen LogP contribution in [0.25, 0.3) is 10.6 Å². The smallest absolute Gasteiger partial charge is 0.355 e. The topological polar surface area (TPSA) is 50.2 Å². The molecule has 1 aromatic heterocycles. The van der Waals surface area contributed by atoms with E-state index in [-0.39, 0.29) is 11.5 Å². The Morgan fingerprint density at radius 2 is 2.27 bits per heavy atom. The first-order valence-corrected chi connectivity index (χ1v) is 4.99. The van der Waals surface area contributed by atoms with E-state index < -0.39 is 5.97 Å². The SMILES string of the molecule is O=C(O)c1csc(-c2cccc(F)c2)n1. The molecule has 2 aromatic rings. The Hall–Kier alpha value is -1.75. The lowest BCUT2D eigenvalue weighted by Gasteiger charge is -1.94. The Balaban J connectivity index is 2.41. The number of benzene rings is 1. The first kappa shape index (κ1) is 9.79. The average molecular weight is 223 g/mol. The normalized spacial score (nSPS) is 10.2. The third-order valence-electron chi connectivity index (χ3n) is 1.79. The van der Waals surface area contributed by atoms with Gasteiger partial charge in [-0.25, -0.2) is 14.2 Å². The van der Waals surface area contributed by atoms with Gasteiger partial charge in [0.25, 0.3) is 0 Å². The Morgan fingerprint density at radius 3 is 2.87 bits per heavy atom. The summed E-state index contributed by atoms with van der Waals surface area (Å²) in [5.41, 5.74) is 0.576. The minimum Gasteiger partial charge on any atom is -0.476 e. The second-order valence-corrected chi connectivity index (χ2v) is 3.71. The van der Waals surface area contributed by atoms with Crippen molar-refractivity contribution in [3.05, 3.63) is 41.2 Å². The van der Waals surface area contributed by atoms with Crippen molar-refractivity contribution in [3.63, 3.8) is 0 Å². The molecular weight excluding hydrogens is 217 g/mol. The number of aromatic nitrogens is 1. The maximum absolute atomic E-state index is 12.9. The molecule has 1 aromatic carbocycles. The van der Waals surface area contributed by atoms with Crippen LogP contribution in [-0.4, -0.2) is 16.1 Å². The highest BCUT2D eigenvalue weighted by atomic mass is 32.1. The molecule has 3 nitrogen and oxygen atoms in total.